The van der Waals surface area contributed by atoms with E-state index >= 15 is 0 Å². The normalized spacial score (nSPS) is 28.0. The zero-order valence-electron chi connectivity index (χ0n) is 31.7. The molecule has 8 bridgehead atoms. The highest BCUT2D eigenvalue weighted by Gasteiger charge is 2.41. The number of fused-ring (bicyclic) bond motifs is 6. The summed E-state index contributed by atoms with van der Waals surface area (Å²) in [5.41, 5.74) is 1.34. The Labute approximate surface area is 323 Å². The number of nitrogens with one attached hydrogen (secondary N) is 4. The van der Waals surface area contributed by atoms with E-state index in [2.05, 4.69) is 31.2 Å². The molecule has 1 aromatic carbocycles. The molecule has 8 atom stereocenters. The number of carbonyl (C=O) groups is 4. The van der Waals surface area contributed by atoms with E-state index in [1.54, 1.807) is 24.6 Å². The molecule has 0 spiro atoms. The van der Waals surface area contributed by atoms with Gasteiger partial charge in [-0.05, 0) is 43.6 Å². The molecule has 0 unspecified atom stereocenters. The molecule has 4 N–H and O–H groups in total. The highest BCUT2D eigenvalue weighted by atomic mass is 32.1. The second kappa shape index (κ2) is 16.3. The molecule has 14 nitrogen and oxygen atoms in total. The SMILES string of the molecule is CC(C)[C@@H]1NC(=O)c2csc(n2)[C@@H](C(C)C)NC(=O)[C@H]2N=C(O[C@@H]2C)[C@H](C(C)C)NC(=O)c2csc(n2)[C@@H](Cc2ccccc2)NC(=O)[C@H]2N=C1O[C@@H]2C. The lowest BCUT2D eigenvalue weighted by atomic mass is 10.0. The van der Waals surface area contributed by atoms with E-state index in [-0.39, 0.29) is 52.8 Å². The minimum absolute atomic E-state index is 0.0668. The fourth-order valence-corrected chi connectivity index (χ4v) is 8.38. The predicted molar refractivity (Wildman–Crippen MR) is 207 cm³/mol. The summed E-state index contributed by atoms with van der Waals surface area (Å²) in [4.78, 5) is 73.8. The van der Waals surface area contributed by atoms with Crippen LogP contribution in [-0.2, 0) is 25.5 Å². The Hall–Kier alpha value is -4.70. The number of thiazole rings is 2. The summed E-state index contributed by atoms with van der Waals surface area (Å²) in [7, 11) is 0. The zero-order chi connectivity index (χ0) is 38.8. The maximum absolute atomic E-state index is 14.0. The van der Waals surface area contributed by atoms with E-state index < -0.39 is 60.3 Å². The predicted octanol–water partition coefficient (Wildman–Crippen LogP) is 4.41. The molecular weight excluding hydrogens is 729 g/mol. The lowest BCUT2D eigenvalue weighted by Crippen LogP contribution is -2.45. The number of aliphatic imine (C=N–C) groups is 2. The summed E-state index contributed by atoms with van der Waals surface area (Å²) < 4.78 is 12.3. The Morgan fingerprint density at radius 1 is 0.630 bits per heavy atom. The van der Waals surface area contributed by atoms with Crippen LogP contribution in [-0.4, -0.2) is 81.8 Å². The molecule has 6 rings (SSSR count). The second-order valence-electron chi connectivity index (χ2n) is 15.0. The Bertz CT molecular complexity index is 1920. The van der Waals surface area contributed by atoms with Crippen molar-refractivity contribution in [3.8, 4) is 0 Å². The van der Waals surface area contributed by atoms with Crippen molar-refractivity contribution in [2.24, 2.45) is 27.7 Å². The van der Waals surface area contributed by atoms with Crippen LogP contribution in [0, 0.1) is 17.8 Å². The molecule has 16 heteroatoms. The molecule has 0 radical (unpaired) electrons. The van der Waals surface area contributed by atoms with Gasteiger partial charge >= 0.3 is 0 Å². The van der Waals surface area contributed by atoms with Gasteiger partial charge in [0.2, 0.25) is 23.6 Å². The molecule has 0 aliphatic carbocycles. The van der Waals surface area contributed by atoms with Crippen molar-refractivity contribution in [1.29, 1.82) is 0 Å². The largest absolute Gasteiger partial charge is 0.474 e. The van der Waals surface area contributed by atoms with Crippen LogP contribution < -0.4 is 21.3 Å². The number of hydrogen-bond donors (Lipinski definition) is 4. The number of hydrogen-bond acceptors (Lipinski definition) is 12. The van der Waals surface area contributed by atoms with Crippen molar-refractivity contribution in [3.05, 3.63) is 68.1 Å². The van der Waals surface area contributed by atoms with Gasteiger partial charge in [0, 0.05) is 10.8 Å². The van der Waals surface area contributed by atoms with E-state index in [0.29, 0.717) is 16.4 Å². The quantitative estimate of drug-likeness (QED) is 0.294. The molecule has 0 saturated carbocycles. The first kappa shape index (κ1) is 39.0. The minimum atomic E-state index is -0.892. The molecule has 2 aromatic heterocycles. The molecule has 3 aromatic rings. The number of rotatable bonds is 5. The van der Waals surface area contributed by atoms with Crippen LogP contribution >= 0.6 is 22.7 Å². The van der Waals surface area contributed by atoms with Crippen molar-refractivity contribution < 1.29 is 28.7 Å². The third kappa shape index (κ3) is 8.49. The number of amides is 4. The number of aromatic nitrogens is 2. The number of benzene rings is 1. The molecule has 0 saturated heterocycles. The Balaban J connectivity index is 1.38. The molecule has 288 valence electrons. The third-order valence-electron chi connectivity index (χ3n) is 9.65. The van der Waals surface area contributed by atoms with Gasteiger partial charge in [-0.15, -0.1) is 22.7 Å². The van der Waals surface area contributed by atoms with E-state index in [9.17, 15) is 19.2 Å². The maximum Gasteiger partial charge on any atom is 0.271 e. The van der Waals surface area contributed by atoms with E-state index in [4.69, 9.17) is 19.5 Å². The molecular formula is C38H48N8O6S2. The number of ether oxygens (including phenoxy) is 2. The topological polar surface area (TPSA) is 185 Å². The van der Waals surface area contributed by atoms with Crippen LogP contribution in [0.15, 0.2) is 51.1 Å². The smallest absolute Gasteiger partial charge is 0.271 e. The molecule has 3 aliphatic heterocycles. The summed E-state index contributed by atoms with van der Waals surface area (Å²) in [6.45, 7) is 15.2. The second-order valence-corrected chi connectivity index (χ2v) is 16.8. The summed E-state index contributed by atoms with van der Waals surface area (Å²) in [6, 6.07) is 5.56. The molecule has 4 amide bonds. The summed E-state index contributed by atoms with van der Waals surface area (Å²) in [5.74, 6) is -1.41. The van der Waals surface area contributed by atoms with Gasteiger partial charge in [-0.25, -0.2) is 20.0 Å². The highest BCUT2D eigenvalue weighted by Crippen LogP contribution is 2.29. The van der Waals surface area contributed by atoms with Gasteiger partial charge < -0.3 is 30.7 Å². The Morgan fingerprint density at radius 3 is 1.59 bits per heavy atom. The van der Waals surface area contributed by atoms with Crippen LogP contribution in [0.4, 0.5) is 0 Å². The first-order valence-electron chi connectivity index (χ1n) is 18.4. The fourth-order valence-electron chi connectivity index (χ4n) is 6.51. The Kier molecular flexibility index (Phi) is 11.8. The first-order chi connectivity index (χ1) is 25.7. The Morgan fingerprint density at radius 2 is 1.09 bits per heavy atom. The van der Waals surface area contributed by atoms with E-state index in [0.717, 1.165) is 5.56 Å². The van der Waals surface area contributed by atoms with Crippen LogP contribution in [0.25, 0.3) is 0 Å². The standard InChI is InChI=1S/C38H48N8O6S2/c1-17(2)26-35-45-29(20(7)51-35)33(49)39-23(14-22-12-10-9-11-13-22)37-40-24(15-53-37)31(47)42-27(18(3)4)36-46-30(21(8)52-36)34(50)44-28(19(5)6)38-41-25(16-54-38)32(48)43-26/h9-13,15-21,23,26-30H,14H2,1-8H3,(H,39,49)(H,42,47)(H,43,48)(H,44,50)/t20-,21-,23-,26+,27+,28-,29+,30+/m1/s1. The van der Waals surface area contributed by atoms with Crippen LogP contribution in [0.5, 0.6) is 0 Å². The van der Waals surface area contributed by atoms with Crippen LogP contribution in [0.2, 0.25) is 0 Å². The average molecular weight is 777 g/mol. The summed E-state index contributed by atoms with van der Waals surface area (Å²) >= 11 is 2.54. The van der Waals surface area contributed by atoms with Gasteiger partial charge in [-0.3, -0.25) is 19.2 Å². The molecule has 3 aliphatic rings. The maximum atomic E-state index is 14.0. The van der Waals surface area contributed by atoms with Gasteiger partial charge in [-0.1, -0.05) is 71.9 Å². The lowest BCUT2D eigenvalue weighted by Gasteiger charge is -2.23. The van der Waals surface area contributed by atoms with Crippen molar-refractivity contribution in [2.75, 3.05) is 0 Å². The van der Waals surface area contributed by atoms with Crippen molar-refractivity contribution in [3.63, 3.8) is 0 Å². The first-order valence-corrected chi connectivity index (χ1v) is 20.1. The summed E-state index contributed by atoms with van der Waals surface area (Å²) in [6.07, 6.45) is -0.791. The fraction of sp³-hybridized carbons (Fsp3) is 0.526. The molecule has 0 fully saturated rings. The van der Waals surface area contributed by atoms with E-state index in [1.807, 2.05) is 71.9 Å². The minimum Gasteiger partial charge on any atom is -0.474 e. The lowest BCUT2D eigenvalue weighted by molar-refractivity contribution is -0.125. The van der Waals surface area contributed by atoms with Gasteiger partial charge in [0.15, 0.2) is 12.1 Å². The van der Waals surface area contributed by atoms with Gasteiger partial charge in [0.05, 0.1) is 12.1 Å². The number of nitrogens with zero attached hydrogens (tertiary/aromatic N) is 4. The van der Waals surface area contributed by atoms with E-state index in [1.165, 1.54) is 22.7 Å². The zero-order valence-corrected chi connectivity index (χ0v) is 33.3. The van der Waals surface area contributed by atoms with Crippen molar-refractivity contribution in [1.82, 2.24) is 31.2 Å². The van der Waals surface area contributed by atoms with Crippen molar-refractivity contribution in [2.45, 2.75) is 110 Å². The van der Waals surface area contributed by atoms with Gasteiger partial charge in [-0.2, -0.15) is 0 Å². The third-order valence-corrected chi connectivity index (χ3v) is 11.5. The monoisotopic (exact) mass is 776 g/mol. The van der Waals surface area contributed by atoms with Gasteiger partial charge in [0.25, 0.3) is 11.8 Å². The summed E-state index contributed by atoms with van der Waals surface area (Å²) in [5, 5.41) is 16.7. The average Bonchev–Trinajstić information content (AvgIpc) is 3.94. The van der Waals surface area contributed by atoms with Crippen LogP contribution in [0.3, 0.4) is 0 Å². The number of carbonyl (C=O) groups excluding carboxylic acids is 4. The van der Waals surface area contributed by atoms with Crippen LogP contribution in [0.1, 0.15) is 104 Å². The molecule has 54 heavy (non-hydrogen) atoms. The van der Waals surface area contributed by atoms with Crippen molar-refractivity contribution >= 4 is 58.1 Å². The molecule has 5 heterocycles. The highest BCUT2D eigenvalue weighted by molar-refractivity contribution is 7.10. The van der Waals surface area contributed by atoms with Gasteiger partial charge in [0.1, 0.15) is 45.7 Å².